The second-order valence-electron chi connectivity index (χ2n) is 12.0. The van der Waals surface area contributed by atoms with Crippen molar-refractivity contribution < 1.29 is 5.11 Å². The zero-order valence-electron chi connectivity index (χ0n) is 18.2. The van der Waals surface area contributed by atoms with Gasteiger partial charge in [-0.25, -0.2) is 0 Å². The van der Waals surface area contributed by atoms with Crippen LogP contribution in [-0.2, 0) is 0 Å². The SMILES string of the molecule is CC1=CC[C@@H]2[C@](C)(CC[C@H]3[C@@]2(C)CCC2C(C)(C)CCC[C@@]23C)[C@H]1CO. The van der Waals surface area contributed by atoms with Crippen LogP contribution < -0.4 is 0 Å². The minimum absolute atomic E-state index is 0.298. The number of aliphatic hydroxyl groups excluding tert-OH is 1. The molecule has 0 aromatic carbocycles. The molecule has 0 heterocycles. The van der Waals surface area contributed by atoms with E-state index in [1.807, 2.05) is 0 Å². The monoisotopic (exact) mass is 358 g/mol. The Morgan fingerprint density at radius 1 is 0.846 bits per heavy atom. The zero-order valence-corrected chi connectivity index (χ0v) is 18.2. The van der Waals surface area contributed by atoms with Crippen LogP contribution in [0.4, 0.5) is 0 Å². The highest BCUT2D eigenvalue weighted by atomic mass is 16.3. The number of allylic oxidation sites excluding steroid dienone is 1. The van der Waals surface area contributed by atoms with Crippen LogP contribution in [0.2, 0.25) is 0 Å². The highest BCUT2D eigenvalue weighted by Crippen LogP contribution is 2.72. The normalized spacial score (nSPS) is 53.1. The van der Waals surface area contributed by atoms with Gasteiger partial charge in [-0.1, -0.05) is 52.7 Å². The van der Waals surface area contributed by atoms with Crippen LogP contribution in [0, 0.1) is 45.3 Å². The first-order valence-electron chi connectivity index (χ1n) is 11.4. The Kier molecular flexibility index (Phi) is 4.28. The molecule has 0 spiro atoms. The lowest BCUT2D eigenvalue weighted by Gasteiger charge is -2.69. The molecule has 1 N–H and O–H groups in total. The molecule has 1 heteroatoms. The first-order valence-corrected chi connectivity index (χ1v) is 11.4. The topological polar surface area (TPSA) is 20.2 Å². The fourth-order valence-electron chi connectivity index (χ4n) is 9.42. The van der Waals surface area contributed by atoms with Crippen molar-refractivity contribution >= 4 is 0 Å². The van der Waals surface area contributed by atoms with Crippen LogP contribution in [0.15, 0.2) is 11.6 Å². The van der Waals surface area contributed by atoms with E-state index < -0.39 is 0 Å². The summed E-state index contributed by atoms with van der Waals surface area (Å²) in [5.41, 5.74) is 3.25. The van der Waals surface area contributed by atoms with Gasteiger partial charge >= 0.3 is 0 Å². The van der Waals surface area contributed by atoms with Gasteiger partial charge in [-0.2, -0.15) is 0 Å². The summed E-state index contributed by atoms with van der Waals surface area (Å²) in [6.07, 6.45) is 13.6. The number of rotatable bonds is 1. The van der Waals surface area contributed by atoms with E-state index >= 15 is 0 Å². The smallest absolute Gasteiger partial charge is 0.0501 e. The predicted octanol–water partition coefficient (Wildman–Crippen LogP) is 6.61. The van der Waals surface area contributed by atoms with Crippen LogP contribution in [0.3, 0.4) is 0 Å². The molecule has 0 amide bonds. The standard InChI is InChI=1S/C25H42O/c1-17-8-9-20-23(4,18(17)16-26)14-11-21-24(5)13-7-12-22(2,3)19(24)10-15-25(20,21)6/h8,18-21,26H,7,9-16H2,1-6H3/t18-,19?,20+,21+,23+,24-,25-/m0/s1. The Hall–Kier alpha value is -0.300. The van der Waals surface area contributed by atoms with Gasteiger partial charge in [-0.05, 0) is 91.3 Å². The Morgan fingerprint density at radius 2 is 1.46 bits per heavy atom. The maximum atomic E-state index is 10.2. The molecule has 4 rings (SSSR count). The molecule has 0 radical (unpaired) electrons. The lowest BCUT2D eigenvalue weighted by atomic mass is 9.35. The number of fused-ring (bicyclic) bond motifs is 5. The van der Waals surface area contributed by atoms with Gasteiger partial charge in [-0.3, -0.25) is 0 Å². The molecule has 7 atom stereocenters. The molecular formula is C25H42O. The first kappa shape index (κ1) is 19.0. The van der Waals surface area contributed by atoms with E-state index in [-0.39, 0.29) is 0 Å². The first-order chi connectivity index (χ1) is 12.1. The predicted molar refractivity (Wildman–Crippen MR) is 110 cm³/mol. The average molecular weight is 359 g/mol. The van der Waals surface area contributed by atoms with Crippen LogP contribution in [0.5, 0.6) is 0 Å². The van der Waals surface area contributed by atoms with Crippen molar-refractivity contribution in [2.75, 3.05) is 6.61 Å². The maximum Gasteiger partial charge on any atom is 0.0501 e. The molecule has 0 aromatic heterocycles. The zero-order chi connectivity index (χ0) is 19.0. The molecule has 0 bridgehead atoms. The number of aliphatic hydroxyl groups is 1. The summed E-state index contributed by atoms with van der Waals surface area (Å²) < 4.78 is 0. The molecule has 26 heavy (non-hydrogen) atoms. The molecule has 0 saturated heterocycles. The third kappa shape index (κ3) is 2.31. The quantitative estimate of drug-likeness (QED) is 0.523. The molecular weight excluding hydrogens is 316 g/mol. The van der Waals surface area contributed by atoms with Crippen molar-refractivity contribution in [3.63, 3.8) is 0 Å². The Balaban J connectivity index is 1.74. The fraction of sp³-hybridized carbons (Fsp3) is 0.920. The second kappa shape index (κ2) is 5.85. The molecule has 1 nitrogen and oxygen atoms in total. The van der Waals surface area contributed by atoms with Crippen LogP contribution in [0.25, 0.3) is 0 Å². The van der Waals surface area contributed by atoms with Crippen molar-refractivity contribution in [1.82, 2.24) is 0 Å². The highest BCUT2D eigenvalue weighted by Gasteiger charge is 2.65. The summed E-state index contributed by atoms with van der Waals surface area (Å²) in [6.45, 7) is 15.6. The van der Waals surface area contributed by atoms with Gasteiger partial charge in [0.05, 0.1) is 6.61 Å². The minimum atomic E-state index is 0.298. The second-order valence-corrected chi connectivity index (χ2v) is 12.0. The Labute approximate surface area is 162 Å². The molecule has 3 fully saturated rings. The summed E-state index contributed by atoms with van der Waals surface area (Å²) in [5, 5.41) is 10.2. The summed E-state index contributed by atoms with van der Waals surface area (Å²) >= 11 is 0. The summed E-state index contributed by atoms with van der Waals surface area (Å²) in [5.74, 6) is 2.91. The van der Waals surface area contributed by atoms with Crippen molar-refractivity contribution in [3.8, 4) is 0 Å². The van der Waals surface area contributed by atoms with E-state index in [1.165, 1.54) is 56.9 Å². The van der Waals surface area contributed by atoms with E-state index in [4.69, 9.17) is 0 Å². The minimum Gasteiger partial charge on any atom is -0.396 e. The van der Waals surface area contributed by atoms with Crippen LogP contribution in [0.1, 0.15) is 92.9 Å². The highest BCUT2D eigenvalue weighted by molar-refractivity contribution is 5.22. The van der Waals surface area contributed by atoms with E-state index in [1.54, 1.807) is 0 Å². The summed E-state index contributed by atoms with van der Waals surface area (Å²) in [6, 6.07) is 0. The van der Waals surface area contributed by atoms with Crippen molar-refractivity contribution in [3.05, 3.63) is 11.6 Å². The van der Waals surface area contributed by atoms with Gasteiger partial charge in [0, 0.05) is 5.92 Å². The molecule has 1 unspecified atom stereocenters. The molecule has 0 aliphatic heterocycles. The van der Waals surface area contributed by atoms with Gasteiger partial charge in [0.1, 0.15) is 0 Å². The lowest BCUT2D eigenvalue weighted by Crippen LogP contribution is -2.62. The van der Waals surface area contributed by atoms with Crippen molar-refractivity contribution in [2.45, 2.75) is 92.9 Å². The van der Waals surface area contributed by atoms with E-state index in [0.717, 1.165) is 17.8 Å². The molecule has 148 valence electrons. The van der Waals surface area contributed by atoms with Gasteiger partial charge in [0.15, 0.2) is 0 Å². The van der Waals surface area contributed by atoms with E-state index in [9.17, 15) is 5.11 Å². The van der Waals surface area contributed by atoms with Crippen molar-refractivity contribution in [1.29, 1.82) is 0 Å². The third-order valence-electron chi connectivity index (χ3n) is 10.6. The summed E-state index contributed by atoms with van der Waals surface area (Å²) in [7, 11) is 0. The van der Waals surface area contributed by atoms with Gasteiger partial charge in [-0.15, -0.1) is 0 Å². The Morgan fingerprint density at radius 3 is 2.15 bits per heavy atom. The van der Waals surface area contributed by atoms with E-state index in [0.29, 0.717) is 34.2 Å². The third-order valence-corrected chi connectivity index (χ3v) is 10.6. The van der Waals surface area contributed by atoms with Gasteiger partial charge in [0.25, 0.3) is 0 Å². The van der Waals surface area contributed by atoms with Crippen LogP contribution in [-0.4, -0.2) is 11.7 Å². The summed E-state index contributed by atoms with van der Waals surface area (Å²) in [4.78, 5) is 0. The lowest BCUT2D eigenvalue weighted by molar-refractivity contribution is -0.201. The number of hydrogen-bond acceptors (Lipinski definition) is 1. The van der Waals surface area contributed by atoms with Crippen molar-refractivity contribution in [2.24, 2.45) is 45.3 Å². The van der Waals surface area contributed by atoms with E-state index in [2.05, 4.69) is 47.6 Å². The number of hydrogen-bond donors (Lipinski definition) is 1. The largest absolute Gasteiger partial charge is 0.396 e. The molecule has 4 aliphatic rings. The fourth-order valence-corrected chi connectivity index (χ4v) is 9.42. The van der Waals surface area contributed by atoms with Crippen LogP contribution >= 0.6 is 0 Å². The molecule has 0 aromatic rings. The molecule has 4 aliphatic carbocycles. The average Bonchev–Trinajstić information content (AvgIpc) is 2.53. The van der Waals surface area contributed by atoms with Gasteiger partial charge < -0.3 is 5.11 Å². The molecule has 3 saturated carbocycles. The maximum absolute atomic E-state index is 10.2. The Bertz CT molecular complexity index is 603. The van der Waals surface area contributed by atoms with Gasteiger partial charge in [0.2, 0.25) is 0 Å².